The first-order chi connectivity index (χ1) is 48.3. The van der Waals surface area contributed by atoms with Crippen molar-refractivity contribution in [3.05, 3.63) is 0 Å². The highest BCUT2D eigenvalue weighted by molar-refractivity contribution is 7.47. The van der Waals surface area contributed by atoms with Gasteiger partial charge in [0.25, 0.3) is 0 Å². The molecular formula is C81H158O17P2. The number of unbranched alkanes of at least 4 members (excludes halogenated alkanes) is 46. The van der Waals surface area contributed by atoms with Gasteiger partial charge in [0.15, 0.2) is 12.2 Å². The Morgan fingerprint density at radius 3 is 0.760 bits per heavy atom. The molecule has 0 saturated heterocycles. The van der Waals surface area contributed by atoms with E-state index in [9.17, 15) is 43.2 Å². The fourth-order valence-electron chi connectivity index (χ4n) is 12.5. The van der Waals surface area contributed by atoms with Gasteiger partial charge in [0, 0.05) is 25.7 Å². The Bertz CT molecular complexity index is 1940. The molecule has 100 heavy (non-hydrogen) atoms. The predicted molar refractivity (Wildman–Crippen MR) is 409 cm³/mol. The van der Waals surface area contributed by atoms with E-state index in [1.165, 1.54) is 225 Å². The molecule has 3 N–H and O–H groups in total. The minimum atomic E-state index is -4.96. The number of hydrogen-bond donors (Lipinski definition) is 3. The number of aliphatic hydroxyl groups is 1. The molecule has 0 aromatic carbocycles. The summed E-state index contributed by atoms with van der Waals surface area (Å²) in [5, 5.41) is 10.6. The number of phosphoric acid groups is 2. The molecule has 0 aliphatic carbocycles. The van der Waals surface area contributed by atoms with E-state index in [4.69, 9.17) is 37.0 Å². The maximum absolute atomic E-state index is 13.1. The van der Waals surface area contributed by atoms with Gasteiger partial charge < -0.3 is 33.8 Å². The lowest BCUT2D eigenvalue weighted by atomic mass is 10.00. The zero-order chi connectivity index (χ0) is 73.7. The monoisotopic (exact) mass is 1470 g/mol. The smallest absolute Gasteiger partial charge is 0.462 e. The molecule has 0 heterocycles. The first-order valence-electron chi connectivity index (χ1n) is 41.9. The minimum absolute atomic E-state index is 0.105. The second kappa shape index (κ2) is 71.3. The Morgan fingerprint density at radius 1 is 0.290 bits per heavy atom. The SMILES string of the molecule is CCCCCCCCCCCCCCCCCCCCCCCCC(=O)O[C@H](COC(=O)CCCCCCCCCCCCCCC(C)C)COP(=O)(O)OC[C@@H](O)COP(=O)(O)OC[C@@H](COC(=O)CCCCCCCCC(C)CC)OC(=O)CCCCCCCCCCCCC(C)C. The Labute approximate surface area is 613 Å². The van der Waals surface area contributed by atoms with Crippen LogP contribution in [0.25, 0.3) is 0 Å². The molecule has 19 heteroatoms. The van der Waals surface area contributed by atoms with Gasteiger partial charge in [-0.2, -0.15) is 0 Å². The Balaban J connectivity index is 5.21. The quantitative estimate of drug-likeness (QED) is 0.0222. The number of carbonyl (C=O) groups is 4. The van der Waals surface area contributed by atoms with Crippen LogP contribution in [0, 0.1) is 17.8 Å². The average Bonchev–Trinajstić information content (AvgIpc) is 0.932. The molecule has 0 aromatic heterocycles. The normalized spacial score (nSPS) is 14.2. The van der Waals surface area contributed by atoms with Gasteiger partial charge in [0.1, 0.15) is 19.3 Å². The highest BCUT2D eigenvalue weighted by Crippen LogP contribution is 2.45. The lowest BCUT2D eigenvalue weighted by Gasteiger charge is -2.21. The van der Waals surface area contributed by atoms with Gasteiger partial charge in [-0.25, -0.2) is 9.13 Å². The molecular weight excluding hydrogens is 1310 g/mol. The van der Waals surface area contributed by atoms with Gasteiger partial charge in [0.05, 0.1) is 26.4 Å². The van der Waals surface area contributed by atoms with Crippen LogP contribution >= 0.6 is 15.6 Å². The lowest BCUT2D eigenvalue weighted by Crippen LogP contribution is -2.30. The van der Waals surface area contributed by atoms with Crippen LogP contribution in [-0.4, -0.2) is 96.7 Å². The first-order valence-corrected chi connectivity index (χ1v) is 44.9. The van der Waals surface area contributed by atoms with E-state index in [1.807, 2.05) is 0 Å². The maximum atomic E-state index is 13.1. The van der Waals surface area contributed by atoms with Crippen LogP contribution in [0.15, 0.2) is 0 Å². The van der Waals surface area contributed by atoms with Gasteiger partial charge >= 0.3 is 39.5 Å². The highest BCUT2D eigenvalue weighted by atomic mass is 31.2. The van der Waals surface area contributed by atoms with E-state index >= 15 is 0 Å². The molecule has 3 unspecified atom stereocenters. The van der Waals surface area contributed by atoms with E-state index in [2.05, 4.69) is 48.5 Å². The van der Waals surface area contributed by atoms with Crippen molar-refractivity contribution in [1.82, 2.24) is 0 Å². The van der Waals surface area contributed by atoms with Crippen LogP contribution in [0.5, 0.6) is 0 Å². The molecule has 594 valence electrons. The summed E-state index contributed by atoms with van der Waals surface area (Å²) in [6.07, 6.45) is 59.9. The van der Waals surface area contributed by atoms with Crippen molar-refractivity contribution < 1.29 is 80.2 Å². The van der Waals surface area contributed by atoms with Crippen molar-refractivity contribution in [2.75, 3.05) is 39.6 Å². The third-order valence-corrected chi connectivity index (χ3v) is 21.1. The highest BCUT2D eigenvalue weighted by Gasteiger charge is 2.30. The summed E-state index contributed by atoms with van der Waals surface area (Å²) in [4.78, 5) is 73.0. The van der Waals surface area contributed by atoms with Crippen molar-refractivity contribution in [2.24, 2.45) is 17.8 Å². The van der Waals surface area contributed by atoms with Gasteiger partial charge in [-0.3, -0.25) is 37.3 Å². The largest absolute Gasteiger partial charge is 0.472 e. The van der Waals surface area contributed by atoms with Gasteiger partial charge in [-0.05, 0) is 43.4 Å². The van der Waals surface area contributed by atoms with Crippen molar-refractivity contribution >= 4 is 39.5 Å². The van der Waals surface area contributed by atoms with Crippen LogP contribution < -0.4 is 0 Å². The zero-order valence-corrected chi connectivity index (χ0v) is 67.5. The van der Waals surface area contributed by atoms with Crippen LogP contribution in [0.2, 0.25) is 0 Å². The van der Waals surface area contributed by atoms with Crippen molar-refractivity contribution in [3.63, 3.8) is 0 Å². The Kier molecular flexibility index (Phi) is 69.9. The standard InChI is InChI=1S/C81H158O17P2/c1-8-10-11-12-13-14-15-16-17-18-19-20-21-22-23-24-25-30-36-41-50-57-64-80(85)97-76(68-91-78(83)62-55-48-40-35-29-27-26-28-33-38-45-52-59-72(3)4)70-95-99(87,88)93-66-75(82)67-94-100(89,90)96-71-77(69-92-79(84)63-56-49-44-43-47-54-61-74(7)9-2)98-81(86)65-58-51-42-37-32-31-34-39-46-53-60-73(5)6/h72-77,82H,8-71H2,1-7H3,(H,87,88)(H,89,90)/t74?,75-,76-,77-/m1/s1. The lowest BCUT2D eigenvalue weighted by molar-refractivity contribution is -0.161. The number of aliphatic hydroxyl groups excluding tert-OH is 1. The number of hydrogen-bond acceptors (Lipinski definition) is 15. The fraction of sp³-hybridized carbons (Fsp3) is 0.951. The number of phosphoric ester groups is 2. The molecule has 0 aliphatic rings. The molecule has 0 bridgehead atoms. The van der Waals surface area contributed by atoms with Crippen molar-refractivity contribution in [3.8, 4) is 0 Å². The molecule has 0 aliphatic heterocycles. The number of carbonyl (C=O) groups excluding carboxylic acids is 4. The summed E-state index contributed by atoms with van der Waals surface area (Å²) in [6.45, 7) is 11.9. The zero-order valence-electron chi connectivity index (χ0n) is 65.7. The molecule has 0 saturated carbocycles. The van der Waals surface area contributed by atoms with Crippen molar-refractivity contribution in [1.29, 1.82) is 0 Å². The van der Waals surface area contributed by atoms with Gasteiger partial charge in [-0.15, -0.1) is 0 Å². The molecule has 0 amide bonds. The average molecular weight is 1470 g/mol. The number of rotatable bonds is 79. The summed E-state index contributed by atoms with van der Waals surface area (Å²) in [7, 11) is -9.92. The van der Waals surface area contributed by atoms with Crippen LogP contribution in [0.4, 0.5) is 0 Å². The first kappa shape index (κ1) is 98.1. The molecule has 0 aromatic rings. The van der Waals surface area contributed by atoms with Gasteiger partial charge in [-0.1, -0.05) is 370 Å². The third kappa shape index (κ3) is 73.0. The Hall–Kier alpha value is -1.94. The fourth-order valence-corrected chi connectivity index (χ4v) is 14.0. The van der Waals surface area contributed by atoms with E-state index in [0.717, 1.165) is 114 Å². The van der Waals surface area contributed by atoms with Crippen molar-refractivity contribution in [2.45, 2.75) is 439 Å². The van der Waals surface area contributed by atoms with Crippen LogP contribution in [-0.2, 0) is 65.4 Å². The number of ether oxygens (including phenoxy) is 4. The van der Waals surface area contributed by atoms with E-state index in [0.29, 0.717) is 25.7 Å². The van der Waals surface area contributed by atoms with E-state index in [1.54, 1.807) is 0 Å². The molecule has 0 rings (SSSR count). The topological polar surface area (TPSA) is 237 Å². The molecule has 0 fully saturated rings. The molecule has 6 atom stereocenters. The second-order valence-electron chi connectivity index (χ2n) is 30.4. The summed E-state index contributed by atoms with van der Waals surface area (Å²) < 4.78 is 68.7. The molecule has 0 radical (unpaired) electrons. The molecule has 0 spiro atoms. The van der Waals surface area contributed by atoms with E-state index < -0.39 is 97.5 Å². The summed E-state index contributed by atoms with van der Waals surface area (Å²) >= 11 is 0. The Morgan fingerprint density at radius 2 is 0.510 bits per heavy atom. The van der Waals surface area contributed by atoms with E-state index in [-0.39, 0.29) is 25.7 Å². The van der Waals surface area contributed by atoms with Gasteiger partial charge in [0.2, 0.25) is 0 Å². The maximum Gasteiger partial charge on any atom is 0.472 e. The number of esters is 4. The van der Waals surface area contributed by atoms with Crippen LogP contribution in [0.1, 0.15) is 421 Å². The summed E-state index contributed by atoms with van der Waals surface area (Å²) in [6, 6.07) is 0. The molecule has 17 nitrogen and oxygen atoms in total. The summed E-state index contributed by atoms with van der Waals surface area (Å²) in [5.74, 6) is 0.150. The summed E-state index contributed by atoms with van der Waals surface area (Å²) in [5.41, 5.74) is 0. The third-order valence-electron chi connectivity index (χ3n) is 19.2. The predicted octanol–water partition coefficient (Wildman–Crippen LogP) is 24.1. The second-order valence-corrected chi connectivity index (χ2v) is 33.3. The van der Waals surface area contributed by atoms with Crippen LogP contribution in [0.3, 0.4) is 0 Å². The minimum Gasteiger partial charge on any atom is -0.462 e.